The van der Waals surface area contributed by atoms with E-state index in [2.05, 4.69) is 5.32 Å². The molecule has 2 rings (SSSR count). The molecule has 1 aromatic rings. The molecule has 1 aliphatic rings. The van der Waals surface area contributed by atoms with Gasteiger partial charge in [-0.15, -0.1) is 0 Å². The molecule has 21 heavy (non-hydrogen) atoms. The summed E-state index contributed by atoms with van der Waals surface area (Å²) in [6.07, 6.45) is 1.52. The van der Waals surface area contributed by atoms with E-state index in [1.54, 1.807) is 13.2 Å². The van der Waals surface area contributed by atoms with Crippen molar-refractivity contribution in [1.29, 1.82) is 0 Å². The van der Waals surface area contributed by atoms with Crippen LogP contribution in [0.3, 0.4) is 0 Å². The molecule has 1 aromatic carbocycles. The van der Waals surface area contributed by atoms with Crippen LogP contribution in [0.1, 0.15) is 31.4 Å². The van der Waals surface area contributed by atoms with Crippen LogP contribution in [0.4, 0.5) is 0 Å². The molecule has 6 heteroatoms. The zero-order valence-electron chi connectivity index (χ0n) is 12.4. The molecule has 2 atom stereocenters. The van der Waals surface area contributed by atoms with E-state index in [0.29, 0.717) is 10.8 Å². The van der Waals surface area contributed by atoms with Crippen LogP contribution in [-0.2, 0) is 9.84 Å². The Bertz CT molecular complexity index is 589. The van der Waals surface area contributed by atoms with Crippen LogP contribution in [0.15, 0.2) is 18.2 Å². The second kappa shape index (κ2) is 6.99. The Labute approximate surface area is 131 Å². The van der Waals surface area contributed by atoms with Crippen molar-refractivity contribution in [3.05, 3.63) is 28.8 Å². The number of hydrogen-bond acceptors (Lipinski definition) is 4. The van der Waals surface area contributed by atoms with E-state index in [9.17, 15) is 8.42 Å². The fraction of sp³-hybridized carbons (Fsp3) is 0.600. The Morgan fingerprint density at radius 1 is 1.48 bits per heavy atom. The summed E-state index contributed by atoms with van der Waals surface area (Å²) in [5.41, 5.74) is 0.996. The standard InChI is InChI=1S/C15H22ClNO3S/c1-3-17-14(8-11-6-7-21(18,19)10-11)13-9-12(16)4-5-15(13)20-2/h4-5,9,11,14,17H,3,6-8,10H2,1-2H3. The average molecular weight is 332 g/mol. The highest BCUT2D eigenvalue weighted by molar-refractivity contribution is 7.91. The van der Waals surface area contributed by atoms with Crippen LogP contribution in [0, 0.1) is 5.92 Å². The first-order valence-corrected chi connectivity index (χ1v) is 9.42. The van der Waals surface area contributed by atoms with Gasteiger partial charge in [0, 0.05) is 16.6 Å². The first-order chi connectivity index (χ1) is 9.95. The third-order valence-electron chi connectivity index (χ3n) is 3.91. The zero-order chi connectivity index (χ0) is 15.5. The summed E-state index contributed by atoms with van der Waals surface area (Å²) in [7, 11) is -1.21. The van der Waals surface area contributed by atoms with Gasteiger partial charge in [-0.2, -0.15) is 0 Å². The van der Waals surface area contributed by atoms with Crippen molar-refractivity contribution in [2.45, 2.75) is 25.8 Å². The first kappa shape index (κ1) is 16.6. The summed E-state index contributed by atoms with van der Waals surface area (Å²) < 4.78 is 28.7. The molecule has 1 heterocycles. The van der Waals surface area contributed by atoms with Crippen molar-refractivity contribution in [2.75, 3.05) is 25.2 Å². The maximum atomic E-state index is 11.6. The van der Waals surface area contributed by atoms with Crippen LogP contribution in [0.5, 0.6) is 5.75 Å². The highest BCUT2D eigenvalue weighted by Gasteiger charge is 2.30. The largest absolute Gasteiger partial charge is 0.496 e. The van der Waals surface area contributed by atoms with Crippen molar-refractivity contribution >= 4 is 21.4 Å². The Hall–Kier alpha value is -0.780. The molecule has 4 nitrogen and oxygen atoms in total. The molecule has 0 amide bonds. The van der Waals surface area contributed by atoms with Crippen molar-refractivity contribution in [2.24, 2.45) is 5.92 Å². The molecule has 118 valence electrons. The van der Waals surface area contributed by atoms with Crippen molar-refractivity contribution in [3.8, 4) is 5.75 Å². The smallest absolute Gasteiger partial charge is 0.150 e. The van der Waals surface area contributed by atoms with Gasteiger partial charge < -0.3 is 10.1 Å². The molecule has 0 bridgehead atoms. The number of rotatable bonds is 6. The molecule has 1 fully saturated rings. The molecule has 0 saturated carbocycles. The minimum absolute atomic E-state index is 0.0574. The number of hydrogen-bond donors (Lipinski definition) is 1. The maximum absolute atomic E-state index is 11.6. The van der Waals surface area contributed by atoms with Gasteiger partial charge >= 0.3 is 0 Å². The Kier molecular flexibility index (Phi) is 5.52. The first-order valence-electron chi connectivity index (χ1n) is 7.22. The number of sulfone groups is 1. The summed E-state index contributed by atoms with van der Waals surface area (Å²) in [4.78, 5) is 0. The number of halogens is 1. The van der Waals surface area contributed by atoms with Gasteiger partial charge in [-0.05, 0) is 43.5 Å². The van der Waals surface area contributed by atoms with Gasteiger partial charge in [-0.1, -0.05) is 18.5 Å². The lowest BCUT2D eigenvalue weighted by Crippen LogP contribution is -2.24. The molecule has 0 aliphatic carbocycles. The second-order valence-corrected chi connectivity index (χ2v) is 8.17. The molecule has 1 aliphatic heterocycles. The van der Waals surface area contributed by atoms with Gasteiger partial charge in [0.25, 0.3) is 0 Å². The van der Waals surface area contributed by atoms with Gasteiger partial charge in [0.15, 0.2) is 9.84 Å². The molecular formula is C15H22ClNO3S. The van der Waals surface area contributed by atoms with Gasteiger partial charge in [0.2, 0.25) is 0 Å². The van der Waals surface area contributed by atoms with E-state index >= 15 is 0 Å². The van der Waals surface area contributed by atoms with Crippen LogP contribution in [-0.4, -0.2) is 33.6 Å². The van der Waals surface area contributed by atoms with E-state index in [1.165, 1.54) is 0 Å². The molecule has 2 unspecified atom stereocenters. The Balaban J connectivity index is 2.21. The van der Waals surface area contributed by atoms with Gasteiger partial charge in [0.1, 0.15) is 5.75 Å². The van der Waals surface area contributed by atoms with Crippen LogP contribution < -0.4 is 10.1 Å². The second-order valence-electron chi connectivity index (χ2n) is 5.50. The maximum Gasteiger partial charge on any atom is 0.150 e. The number of nitrogens with one attached hydrogen (secondary N) is 1. The molecule has 0 spiro atoms. The summed E-state index contributed by atoms with van der Waals surface area (Å²) in [5.74, 6) is 1.58. The summed E-state index contributed by atoms with van der Waals surface area (Å²) >= 11 is 6.10. The van der Waals surface area contributed by atoms with Crippen molar-refractivity contribution in [1.82, 2.24) is 5.32 Å². The van der Waals surface area contributed by atoms with Gasteiger partial charge in [-0.25, -0.2) is 8.42 Å². The summed E-state index contributed by atoms with van der Waals surface area (Å²) in [6, 6.07) is 5.61. The third kappa shape index (κ3) is 4.34. The molecule has 1 N–H and O–H groups in total. The fourth-order valence-corrected chi connectivity index (χ4v) is 5.00. The average Bonchev–Trinajstić information content (AvgIpc) is 2.77. The van der Waals surface area contributed by atoms with Crippen LogP contribution >= 0.6 is 11.6 Å². The van der Waals surface area contributed by atoms with Gasteiger partial charge in [-0.3, -0.25) is 0 Å². The Morgan fingerprint density at radius 3 is 2.81 bits per heavy atom. The predicted octanol–water partition coefficient (Wildman–Crippen LogP) is 2.82. The quantitative estimate of drug-likeness (QED) is 0.871. The molecular weight excluding hydrogens is 310 g/mol. The fourth-order valence-electron chi connectivity index (χ4n) is 2.94. The normalized spacial score (nSPS) is 22.1. The predicted molar refractivity (Wildman–Crippen MR) is 85.8 cm³/mol. The highest BCUT2D eigenvalue weighted by atomic mass is 35.5. The lowest BCUT2D eigenvalue weighted by molar-refractivity contribution is 0.379. The van der Waals surface area contributed by atoms with Crippen LogP contribution in [0.2, 0.25) is 5.02 Å². The number of benzene rings is 1. The van der Waals surface area contributed by atoms with E-state index in [1.807, 2.05) is 19.1 Å². The molecule has 1 saturated heterocycles. The zero-order valence-corrected chi connectivity index (χ0v) is 14.0. The van der Waals surface area contributed by atoms with Crippen molar-refractivity contribution in [3.63, 3.8) is 0 Å². The lowest BCUT2D eigenvalue weighted by atomic mass is 9.93. The summed E-state index contributed by atoms with van der Waals surface area (Å²) in [5, 5.41) is 4.08. The SMILES string of the molecule is CCNC(CC1CCS(=O)(=O)C1)c1cc(Cl)ccc1OC. The van der Waals surface area contributed by atoms with E-state index < -0.39 is 9.84 Å². The molecule has 0 aromatic heterocycles. The summed E-state index contributed by atoms with van der Waals surface area (Å²) in [6.45, 7) is 2.84. The lowest BCUT2D eigenvalue weighted by Gasteiger charge is -2.23. The van der Waals surface area contributed by atoms with Crippen LogP contribution in [0.25, 0.3) is 0 Å². The number of ether oxygens (including phenoxy) is 1. The third-order valence-corrected chi connectivity index (χ3v) is 5.99. The van der Waals surface area contributed by atoms with E-state index in [-0.39, 0.29) is 17.7 Å². The Morgan fingerprint density at radius 2 is 2.24 bits per heavy atom. The topological polar surface area (TPSA) is 55.4 Å². The monoisotopic (exact) mass is 331 g/mol. The number of methoxy groups -OCH3 is 1. The van der Waals surface area contributed by atoms with Gasteiger partial charge in [0.05, 0.1) is 18.6 Å². The molecule has 0 radical (unpaired) electrons. The minimum Gasteiger partial charge on any atom is -0.496 e. The van der Waals surface area contributed by atoms with Crippen molar-refractivity contribution < 1.29 is 13.2 Å². The highest BCUT2D eigenvalue weighted by Crippen LogP contribution is 2.34. The minimum atomic E-state index is -2.85. The van der Waals surface area contributed by atoms with E-state index in [0.717, 1.165) is 30.7 Å². The van der Waals surface area contributed by atoms with E-state index in [4.69, 9.17) is 16.3 Å².